The molecule has 2 heterocycles. The van der Waals surface area contributed by atoms with E-state index < -0.39 is 33.6 Å². The number of aromatic nitrogens is 2. The van der Waals surface area contributed by atoms with E-state index in [0.717, 1.165) is 23.6 Å². The smallest absolute Gasteiger partial charge is 0.430 e. The van der Waals surface area contributed by atoms with Gasteiger partial charge in [-0.25, -0.2) is 27.6 Å². The molecule has 2 aromatic heterocycles. The second kappa shape index (κ2) is 10.0. The van der Waals surface area contributed by atoms with Crippen molar-refractivity contribution in [3.63, 3.8) is 0 Å². The molecular formula is C21H21Cl2FN4O4S2. The highest BCUT2D eigenvalue weighted by molar-refractivity contribution is 7.93. The van der Waals surface area contributed by atoms with E-state index in [0.29, 0.717) is 9.33 Å². The molecule has 13 heteroatoms. The van der Waals surface area contributed by atoms with Crippen LogP contribution in [0.15, 0.2) is 46.2 Å². The van der Waals surface area contributed by atoms with Crippen molar-refractivity contribution in [1.82, 2.24) is 9.97 Å². The molecule has 0 radical (unpaired) electrons. The fourth-order valence-corrected chi connectivity index (χ4v) is 5.12. The van der Waals surface area contributed by atoms with Gasteiger partial charge in [0.25, 0.3) is 10.0 Å². The lowest BCUT2D eigenvalue weighted by molar-refractivity contribution is 0.0608. The first kappa shape index (κ1) is 26.1. The normalized spacial score (nSPS) is 12.8. The molecule has 0 spiro atoms. The summed E-state index contributed by atoms with van der Waals surface area (Å²) < 4.78 is 46.6. The van der Waals surface area contributed by atoms with Gasteiger partial charge in [-0.2, -0.15) is 0 Å². The average Bonchev–Trinajstić information content (AvgIpc) is 3.23. The third-order valence-electron chi connectivity index (χ3n) is 4.32. The molecule has 0 unspecified atom stereocenters. The summed E-state index contributed by atoms with van der Waals surface area (Å²) in [7, 11) is -4.48. The monoisotopic (exact) mass is 546 g/mol. The molecule has 8 nitrogen and oxygen atoms in total. The number of carbonyl (C=O) groups is 1. The molecule has 0 aliphatic carbocycles. The first-order valence-corrected chi connectivity index (χ1v) is 13.0. The Kier molecular flexibility index (Phi) is 7.71. The van der Waals surface area contributed by atoms with E-state index in [9.17, 15) is 17.6 Å². The van der Waals surface area contributed by atoms with E-state index >= 15 is 0 Å². The summed E-state index contributed by atoms with van der Waals surface area (Å²) in [4.78, 5) is 20.4. The van der Waals surface area contributed by atoms with Crippen LogP contribution in [0.1, 0.15) is 39.3 Å². The predicted octanol–water partition coefficient (Wildman–Crippen LogP) is 6.29. The van der Waals surface area contributed by atoms with Crippen molar-refractivity contribution < 1.29 is 22.3 Å². The van der Waals surface area contributed by atoms with Gasteiger partial charge in [-0.3, -0.25) is 0 Å². The SMILES string of the molecule is C[C@H](Nc1ncc(S(=O)(=O)N(C(=O)OC(C)(C)C)c2cscn2)cc1Cl)c1cc(Cl)ccc1F. The first-order chi connectivity index (χ1) is 15.8. The molecule has 182 valence electrons. The third-order valence-corrected chi connectivity index (χ3v) is 7.05. The third kappa shape index (κ3) is 5.96. The molecule has 1 atom stereocenters. The van der Waals surface area contributed by atoms with Gasteiger partial charge < -0.3 is 10.1 Å². The van der Waals surface area contributed by atoms with Gasteiger partial charge in [-0.05, 0) is 52.0 Å². The number of anilines is 2. The Hall–Kier alpha value is -2.47. The van der Waals surface area contributed by atoms with Crippen LogP contribution in [0, 0.1) is 5.82 Å². The quantitative estimate of drug-likeness (QED) is 0.387. The molecule has 0 saturated heterocycles. The Bertz CT molecular complexity index is 1300. The van der Waals surface area contributed by atoms with E-state index in [2.05, 4.69) is 15.3 Å². The Labute approximate surface area is 210 Å². The lowest BCUT2D eigenvalue weighted by Crippen LogP contribution is -2.41. The van der Waals surface area contributed by atoms with Crippen molar-refractivity contribution >= 4 is 62.3 Å². The number of nitrogens with one attached hydrogen (secondary N) is 1. The number of halogens is 3. The van der Waals surface area contributed by atoms with Crippen molar-refractivity contribution in [1.29, 1.82) is 0 Å². The molecular weight excluding hydrogens is 526 g/mol. The largest absolute Gasteiger partial charge is 0.443 e. The van der Waals surface area contributed by atoms with E-state index in [-0.39, 0.29) is 27.1 Å². The molecule has 1 amide bonds. The summed E-state index contributed by atoms with van der Waals surface area (Å²) in [5.74, 6) is -0.483. The van der Waals surface area contributed by atoms with Crippen molar-refractivity contribution in [2.45, 2.75) is 44.2 Å². The van der Waals surface area contributed by atoms with Crippen LogP contribution in [-0.2, 0) is 14.8 Å². The number of pyridine rings is 1. The van der Waals surface area contributed by atoms with Crippen LogP contribution in [0.3, 0.4) is 0 Å². The van der Waals surface area contributed by atoms with Crippen LogP contribution in [0.5, 0.6) is 0 Å². The summed E-state index contributed by atoms with van der Waals surface area (Å²) in [5.41, 5.74) is 0.717. The molecule has 34 heavy (non-hydrogen) atoms. The maximum atomic E-state index is 14.2. The number of amides is 1. The number of ether oxygens (including phenoxy) is 1. The fourth-order valence-electron chi connectivity index (χ4n) is 2.83. The molecule has 3 rings (SSSR count). The Morgan fingerprint density at radius 1 is 1.24 bits per heavy atom. The number of nitrogens with zero attached hydrogens (tertiary/aromatic N) is 3. The van der Waals surface area contributed by atoms with Gasteiger partial charge in [-0.1, -0.05) is 23.2 Å². The van der Waals surface area contributed by atoms with Gasteiger partial charge in [0.05, 0.1) is 16.6 Å². The maximum Gasteiger partial charge on any atom is 0.430 e. The minimum atomic E-state index is -4.48. The zero-order valence-corrected chi connectivity index (χ0v) is 21.7. The van der Waals surface area contributed by atoms with Gasteiger partial charge >= 0.3 is 6.09 Å². The molecule has 0 fully saturated rings. The summed E-state index contributed by atoms with van der Waals surface area (Å²) in [6.45, 7) is 6.50. The van der Waals surface area contributed by atoms with E-state index in [1.165, 1.54) is 29.1 Å². The Morgan fingerprint density at radius 2 is 1.94 bits per heavy atom. The first-order valence-electron chi connectivity index (χ1n) is 9.83. The zero-order chi connectivity index (χ0) is 25.3. The number of sulfonamides is 1. The standard InChI is InChI=1S/C21H21Cl2FN4O4S2/c1-12(15-7-13(22)5-6-17(15)24)27-19-16(23)8-14(9-25-19)34(30,31)28(18-10-33-11-26-18)20(29)32-21(2,3)4/h5-12H,1-4H3,(H,25,27)/t12-/m0/s1. The average molecular weight is 547 g/mol. The molecule has 0 bridgehead atoms. The Morgan fingerprint density at radius 3 is 2.53 bits per heavy atom. The lowest BCUT2D eigenvalue weighted by atomic mass is 10.1. The molecule has 0 aliphatic heterocycles. The van der Waals surface area contributed by atoms with Crippen LogP contribution in [-0.4, -0.2) is 30.1 Å². The van der Waals surface area contributed by atoms with Crippen LogP contribution in [0.2, 0.25) is 10.0 Å². The predicted molar refractivity (Wildman–Crippen MR) is 131 cm³/mol. The van der Waals surface area contributed by atoms with Crippen LogP contribution < -0.4 is 9.62 Å². The molecule has 1 aromatic carbocycles. The van der Waals surface area contributed by atoms with Crippen LogP contribution in [0.25, 0.3) is 0 Å². The van der Waals surface area contributed by atoms with Crippen molar-refractivity contribution in [2.75, 3.05) is 9.62 Å². The molecule has 3 aromatic rings. The molecule has 1 N–H and O–H groups in total. The molecule has 0 saturated carbocycles. The highest BCUT2D eigenvalue weighted by atomic mass is 35.5. The minimum absolute atomic E-state index is 0.0576. The second-order valence-electron chi connectivity index (χ2n) is 8.13. The van der Waals surface area contributed by atoms with Gasteiger partial charge in [0.15, 0.2) is 5.82 Å². The summed E-state index contributed by atoms with van der Waals surface area (Å²) in [6.07, 6.45) is -0.0873. The lowest BCUT2D eigenvalue weighted by Gasteiger charge is -2.25. The van der Waals surface area contributed by atoms with Gasteiger partial charge in [0.2, 0.25) is 0 Å². The number of benzene rings is 1. The fraction of sp³-hybridized carbons (Fsp3) is 0.286. The number of carbonyl (C=O) groups excluding carboxylic acids is 1. The van der Waals surface area contributed by atoms with Crippen LogP contribution >= 0.6 is 34.5 Å². The van der Waals surface area contributed by atoms with Gasteiger partial charge in [0, 0.05) is 22.2 Å². The van der Waals surface area contributed by atoms with E-state index in [1.807, 2.05) is 0 Å². The topological polar surface area (TPSA) is 101 Å². The van der Waals surface area contributed by atoms with Crippen molar-refractivity contribution in [3.8, 4) is 0 Å². The number of hydrogen-bond acceptors (Lipinski definition) is 8. The molecule has 0 aliphatic rings. The zero-order valence-electron chi connectivity index (χ0n) is 18.5. The van der Waals surface area contributed by atoms with Gasteiger partial charge in [-0.15, -0.1) is 15.6 Å². The summed E-state index contributed by atoms with van der Waals surface area (Å²) >= 11 is 13.4. The van der Waals surface area contributed by atoms with Crippen molar-refractivity contribution in [3.05, 3.63) is 62.8 Å². The van der Waals surface area contributed by atoms with Crippen molar-refractivity contribution in [2.24, 2.45) is 0 Å². The van der Waals surface area contributed by atoms with E-state index in [1.54, 1.807) is 27.7 Å². The summed E-state index contributed by atoms with van der Waals surface area (Å²) in [5, 5.41) is 4.63. The number of thiazole rings is 1. The number of hydrogen-bond donors (Lipinski definition) is 1. The maximum absolute atomic E-state index is 14.2. The van der Waals surface area contributed by atoms with Gasteiger partial charge in [0.1, 0.15) is 22.1 Å². The minimum Gasteiger partial charge on any atom is -0.443 e. The van der Waals surface area contributed by atoms with Crippen LogP contribution in [0.4, 0.5) is 20.8 Å². The second-order valence-corrected chi connectivity index (χ2v) is 11.5. The highest BCUT2D eigenvalue weighted by Gasteiger charge is 2.36. The highest BCUT2D eigenvalue weighted by Crippen LogP contribution is 2.31. The Balaban J connectivity index is 1.93. The number of rotatable bonds is 6. The summed E-state index contributed by atoms with van der Waals surface area (Å²) in [6, 6.07) is 4.69. The van der Waals surface area contributed by atoms with E-state index in [4.69, 9.17) is 27.9 Å².